The number of amides is 1. The van der Waals surface area contributed by atoms with Gasteiger partial charge in [-0.05, 0) is 42.3 Å². The highest BCUT2D eigenvalue weighted by atomic mass is 79.9. The largest absolute Gasteiger partial charge is 0.397 e. The van der Waals surface area contributed by atoms with Crippen LogP contribution in [0.2, 0.25) is 0 Å². The van der Waals surface area contributed by atoms with E-state index in [-0.39, 0.29) is 18.1 Å². The molecule has 0 fully saturated rings. The van der Waals surface area contributed by atoms with E-state index in [1.54, 1.807) is 18.2 Å². The normalized spacial score (nSPS) is 10.3. The minimum absolute atomic E-state index is 0.176. The van der Waals surface area contributed by atoms with Crippen molar-refractivity contribution in [2.45, 2.75) is 13.3 Å². The molecule has 0 aliphatic carbocycles. The molecule has 0 saturated carbocycles. The van der Waals surface area contributed by atoms with E-state index >= 15 is 0 Å². The summed E-state index contributed by atoms with van der Waals surface area (Å²) >= 11 is 3.35. The van der Waals surface area contributed by atoms with Gasteiger partial charge >= 0.3 is 0 Å². The van der Waals surface area contributed by atoms with Gasteiger partial charge in [0.1, 0.15) is 5.82 Å². The summed E-state index contributed by atoms with van der Waals surface area (Å²) in [6.45, 7) is 1.87. The molecule has 5 heteroatoms. The topological polar surface area (TPSA) is 55.1 Å². The number of rotatable bonds is 3. The highest BCUT2D eigenvalue weighted by Crippen LogP contribution is 2.27. The third kappa shape index (κ3) is 3.57. The number of halogens is 2. The van der Waals surface area contributed by atoms with Crippen molar-refractivity contribution in [1.82, 2.24) is 0 Å². The lowest BCUT2D eigenvalue weighted by Crippen LogP contribution is -2.16. The smallest absolute Gasteiger partial charge is 0.228 e. The predicted octanol–water partition coefficient (Wildman–Crippen LogP) is 3.66. The number of nitrogens with two attached hydrogens (primary N) is 1. The van der Waals surface area contributed by atoms with Crippen LogP contribution in [0.4, 0.5) is 15.8 Å². The summed E-state index contributed by atoms with van der Waals surface area (Å²) in [6.07, 6.45) is 0.176. The summed E-state index contributed by atoms with van der Waals surface area (Å²) in [4.78, 5) is 12.0. The molecule has 0 spiro atoms. The van der Waals surface area contributed by atoms with Crippen molar-refractivity contribution in [3.8, 4) is 0 Å². The lowest BCUT2D eigenvalue weighted by molar-refractivity contribution is -0.115. The maximum atomic E-state index is 12.8. The second kappa shape index (κ2) is 6.05. The third-order valence-corrected chi connectivity index (χ3v) is 3.33. The van der Waals surface area contributed by atoms with E-state index in [9.17, 15) is 9.18 Å². The molecule has 0 aromatic heterocycles. The minimum Gasteiger partial charge on any atom is -0.397 e. The van der Waals surface area contributed by atoms with Crippen LogP contribution in [-0.2, 0) is 11.2 Å². The summed E-state index contributed by atoms with van der Waals surface area (Å²) in [5.74, 6) is -0.504. The maximum Gasteiger partial charge on any atom is 0.228 e. The Bertz CT molecular complexity index is 618. The molecule has 3 nitrogen and oxygen atoms in total. The fourth-order valence-electron chi connectivity index (χ4n) is 1.91. The Balaban J connectivity index is 2.10. The zero-order valence-electron chi connectivity index (χ0n) is 10.9. The van der Waals surface area contributed by atoms with Gasteiger partial charge in [0.05, 0.1) is 17.8 Å². The van der Waals surface area contributed by atoms with E-state index in [1.165, 1.54) is 12.1 Å². The maximum absolute atomic E-state index is 12.8. The first-order valence-corrected chi connectivity index (χ1v) is 6.85. The summed E-state index contributed by atoms with van der Waals surface area (Å²) in [5, 5.41) is 2.79. The molecule has 0 aliphatic heterocycles. The molecule has 0 heterocycles. The van der Waals surface area contributed by atoms with Crippen molar-refractivity contribution in [2.24, 2.45) is 0 Å². The second-order valence-corrected chi connectivity index (χ2v) is 5.45. The van der Waals surface area contributed by atoms with Gasteiger partial charge in [-0.1, -0.05) is 28.1 Å². The molecule has 20 heavy (non-hydrogen) atoms. The first-order chi connectivity index (χ1) is 9.45. The standard InChI is InChI=1S/C15H14BrFN2O/c1-9-6-11(16)8-13(18)15(9)19-14(20)7-10-2-4-12(17)5-3-10/h2-6,8H,7,18H2,1H3,(H,19,20). The molecule has 104 valence electrons. The molecule has 3 N–H and O–H groups in total. The first-order valence-electron chi connectivity index (χ1n) is 6.05. The molecule has 2 aromatic carbocycles. The van der Waals surface area contributed by atoms with Gasteiger partial charge in [0, 0.05) is 4.47 Å². The Kier molecular flexibility index (Phi) is 4.39. The van der Waals surface area contributed by atoms with E-state index < -0.39 is 0 Å². The number of carbonyl (C=O) groups is 1. The van der Waals surface area contributed by atoms with Crippen molar-refractivity contribution in [1.29, 1.82) is 0 Å². The number of nitrogen functional groups attached to an aromatic ring is 1. The summed E-state index contributed by atoms with van der Waals surface area (Å²) in [5.41, 5.74) is 8.63. The molecule has 0 atom stereocenters. The number of anilines is 2. The van der Waals surface area contributed by atoms with Crippen molar-refractivity contribution < 1.29 is 9.18 Å². The van der Waals surface area contributed by atoms with Crippen molar-refractivity contribution >= 4 is 33.2 Å². The molecule has 0 aliphatic rings. The van der Waals surface area contributed by atoms with Gasteiger partial charge in [0.25, 0.3) is 0 Å². The average Bonchev–Trinajstić information content (AvgIpc) is 2.36. The molecule has 0 bridgehead atoms. The van der Waals surface area contributed by atoms with E-state index in [0.717, 1.165) is 15.6 Å². The fourth-order valence-corrected chi connectivity index (χ4v) is 2.50. The second-order valence-electron chi connectivity index (χ2n) is 4.54. The molecular formula is C15H14BrFN2O. The quantitative estimate of drug-likeness (QED) is 0.840. The molecule has 0 unspecified atom stereocenters. The molecule has 0 saturated heterocycles. The lowest BCUT2D eigenvalue weighted by atomic mass is 10.1. The Hall–Kier alpha value is -1.88. The molecule has 1 amide bonds. The first kappa shape index (κ1) is 14.5. The number of hydrogen-bond donors (Lipinski definition) is 2. The van der Waals surface area contributed by atoms with Crippen molar-refractivity contribution in [3.05, 3.63) is 57.8 Å². The zero-order chi connectivity index (χ0) is 14.7. The number of hydrogen-bond acceptors (Lipinski definition) is 2. The summed E-state index contributed by atoms with van der Waals surface area (Å²) < 4.78 is 13.7. The number of carbonyl (C=O) groups excluding carboxylic acids is 1. The summed E-state index contributed by atoms with van der Waals surface area (Å²) in [7, 11) is 0. The highest BCUT2D eigenvalue weighted by Gasteiger charge is 2.10. The van der Waals surface area contributed by atoms with Gasteiger partial charge in [-0.2, -0.15) is 0 Å². The van der Waals surface area contributed by atoms with Gasteiger partial charge in [0.2, 0.25) is 5.91 Å². The van der Waals surface area contributed by atoms with Crippen LogP contribution >= 0.6 is 15.9 Å². The van der Waals surface area contributed by atoms with Crippen molar-refractivity contribution in [2.75, 3.05) is 11.1 Å². The Morgan fingerprint density at radius 3 is 2.55 bits per heavy atom. The van der Waals surface area contributed by atoms with Crippen molar-refractivity contribution in [3.63, 3.8) is 0 Å². The molecular weight excluding hydrogens is 323 g/mol. The van der Waals surface area contributed by atoms with E-state index in [0.29, 0.717) is 11.4 Å². The van der Waals surface area contributed by atoms with Gasteiger partial charge in [-0.25, -0.2) is 4.39 Å². The summed E-state index contributed by atoms with van der Waals surface area (Å²) in [6, 6.07) is 9.47. The molecule has 2 aromatic rings. The lowest BCUT2D eigenvalue weighted by Gasteiger charge is -2.12. The monoisotopic (exact) mass is 336 g/mol. The van der Waals surface area contributed by atoms with Crippen LogP contribution in [-0.4, -0.2) is 5.91 Å². The van der Waals surface area contributed by atoms with Gasteiger partial charge < -0.3 is 11.1 Å². The van der Waals surface area contributed by atoms with Gasteiger partial charge in [-0.15, -0.1) is 0 Å². The Labute approximate surface area is 125 Å². The van der Waals surface area contributed by atoms with E-state index in [2.05, 4.69) is 21.2 Å². The minimum atomic E-state index is -0.317. The Morgan fingerprint density at radius 2 is 1.95 bits per heavy atom. The van der Waals surface area contributed by atoms with Gasteiger partial charge in [-0.3, -0.25) is 4.79 Å². The number of aryl methyl sites for hydroxylation is 1. The highest BCUT2D eigenvalue weighted by molar-refractivity contribution is 9.10. The van der Waals surface area contributed by atoms with Crippen LogP contribution in [0.25, 0.3) is 0 Å². The van der Waals surface area contributed by atoms with Crippen LogP contribution in [0.15, 0.2) is 40.9 Å². The Morgan fingerprint density at radius 1 is 1.30 bits per heavy atom. The van der Waals surface area contributed by atoms with Crippen LogP contribution < -0.4 is 11.1 Å². The van der Waals surface area contributed by atoms with Crippen LogP contribution in [0.1, 0.15) is 11.1 Å². The predicted molar refractivity (Wildman–Crippen MR) is 82.0 cm³/mol. The van der Waals surface area contributed by atoms with Gasteiger partial charge in [0.15, 0.2) is 0 Å². The van der Waals surface area contributed by atoms with E-state index in [1.807, 2.05) is 13.0 Å². The van der Waals surface area contributed by atoms with Crippen LogP contribution in [0, 0.1) is 12.7 Å². The van der Waals surface area contributed by atoms with Crippen LogP contribution in [0.3, 0.4) is 0 Å². The fraction of sp³-hybridized carbons (Fsp3) is 0.133. The number of benzene rings is 2. The third-order valence-electron chi connectivity index (χ3n) is 2.87. The average molecular weight is 337 g/mol. The van der Waals surface area contributed by atoms with Crippen LogP contribution in [0.5, 0.6) is 0 Å². The van der Waals surface area contributed by atoms with E-state index in [4.69, 9.17) is 5.73 Å². The zero-order valence-corrected chi connectivity index (χ0v) is 12.5. The molecule has 2 rings (SSSR count). The molecule has 0 radical (unpaired) electrons. The number of nitrogens with one attached hydrogen (secondary N) is 1. The SMILES string of the molecule is Cc1cc(Br)cc(N)c1NC(=O)Cc1ccc(F)cc1.